The van der Waals surface area contributed by atoms with Gasteiger partial charge in [-0.25, -0.2) is 0 Å². The summed E-state index contributed by atoms with van der Waals surface area (Å²) < 4.78 is 0. The number of rotatable bonds is 3. The van der Waals surface area contributed by atoms with Crippen molar-refractivity contribution in [1.29, 1.82) is 0 Å². The highest BCUT2D eigenvalue weighted by atomic mass is 35.5. The first-order valence-electron chi connectivity index (χ1n) is 11.1. The van der Waals surface area contributed by atoms with E-state index in [9.17, 15) is 14.4 Å². The summed E-state index contributed by atoms with van der Waals surface area (Å²) in [5.41, 5.74) is 2.16. The Kier molecular flexibility index (Phi) is 4.51. The number of carbonyl (C=O) groups is 3. The summed E-state index contributed by atoms with van der Waals surface area (Å²) in [6.45, 7) is 1.49. The second-order valence-electron chi connectivity index (χ2n) is 8.92. The fourth-order valence-electron chi connectivity index (χ4n) is 6.00. The number of pyridine rings is 1. The fraction of sp³-hybridized carbons (Fsp3) is 0.185. The fourth-order valence-corrected chi connectivity index (χ4v) is 6.18. The molecule has 3 aliphatic rings. The third kappa shape index (κ3) is 2.63. The zero-order chi connectivity index (χ0) is 23.6. The predicted molar refractivity (Wildman–Crippen MR) is 130 cm³/mol. The molecule has 6 rings (SSSR count). The van der Waals surface area contributed by atoms with Crippen molar-refractivity contribution in [2.75, 3.05) is 10.2 Å². The number of para-hydroxylation sites is 1. The lowest BCUT2D eigenvalue weighted by atomic mass is 9.64. The van der Waals surface area contributed by atoms with Crippen molar-refractivity contribution in [1.82, 2.24) is 4.98 Å². The van der Waals surface area contributed by atoms with Crippen molar-refractivity contribution in [3.63, 3.8) is 0 Å². The molecule has 1 aromatic heterocycles. The largest absolute Gasteiger partial charge is 0.352 e. The van der Waals surface area contributed by atoms with Crippen molar-refractivity contribution in [2.24, 2.45) is 5.92 Å². The zero-order valence-electron chi connectivity index (χ0n) is 18.2. The van der Waals surface area contributed by atoms with Crippen LogP contribution in [0, 0.1) is 5.92 Å². The number of benzene rings is 2. The van der Waals surface area contributed by atoms with Gasteiger partial charge in [0, 0.05) is 34.4 Å². The number of fused-ring (bicyclic) bond motifs is 6. The summed E-state index contributed by atoms with van der Waals surface area (Å²) >= 11 is 6.24. The van der Waals surface area contributed by atoms with E-state index in [0.29, 0.717) is 16.3 Å². The van der Waals surface area contributed by atoms with Gasteiger partial charge in [0.1, 0.15) is 5.41 Å². The monoisotopic (exact) mass is 469 g/mol. The van der Waals surface area contributed by atoms with Gasteiger partial charge in [0.2, 0.25) is 5.91 Å². The summed E-state index contributed by atoms with van der Waals surface area (Å²) in [4.78, 5) is 47.3. The molecule has 0 radical (unpaired) electrons. The van der Waals surface area contributed by atoms with Crippen LogP contribution in [0.1, 0.15) is 28.4 Å². The molecule has 1 fully saturated rings. The highest BCUT2D eigenvalue weighted by molar-refractivity contribution is 6.31. The van der Waals surface area contributed by atoms with E-state index in [-0.39, 0.29) is 17.5 Å². The molecule has 4 heterocycles. The molecule has 0 unspecified atom stereocenters. The third-order valence-corrected chi connectivity index (χ3v) is 7.49. The molecule has 1 saturated heterocycles. The maximum atomic E-state index is 14.2. The second-order valence-corrected chi connectivity index (χ2v) is 9.35. The van der Waals surface area contributed by atoms with Gasteiger partial charge in [0.05, 0.1) is 18.0 Å². The molecule has 7 heteroatoms. The molecule has 6 nitrogen and oxygen atoms in total. The molecule has 3 aliphatic heterocycles. The Morgan fingerprint density at radius 1 is 1.09 bits per heavy atom. The number of hydrogen-bond donors (Lipinski definition) is 1. The van der Waals surface area contributed by atoms with Crippen LogP contribution < -0.4 is 10.2 Å². The molecule has 168 valence electrons. The Hall–Kier alpha value is -3.77. The van der Waals surface area contributed by atoms with Gasteiger partial charge in [0.15, 0.2) is 11.6 Å². The number of carbonyl (C=O) groups excluding carboxylic acids is 3. The van der Waals surface area contributed by atoms with E-state index in [1.54, 1.807) is 30.6 Å². The van der Waals surface area contributed by atoms with Gasteiger partial charge in [0.25, 0.3) is 0 Å². The summed E-state index contributed by atoms with van der Waals surface area (Å²) in [6, 6.07) is 14.8. The van der Waals surface area contributed by atoms with Gasteiger partial charge in [-0.2, -0.15) is 0 Å². The molecular weight excluding hydrogens is 450 g/mol. The topological polar surface area (TPSA) is 79.4 Å². The van der Waals surface area contributed by atoms with E-state index in [4.69, 9.17) is 11.6 Å². The summed E-state index contributed by atoms with van der Waals surface area (Å²) in [7, 11) is 0. The van der Waals surface area contributed by atoms with Crippen LogP contribution in [0.15, 0.2) is 73.1 Å². The van der Waals surface area contributed by atoms with Crippen molar-refractivity contribution < 1.29 is 14.4 Å². The van der Waals surface area contributed by atoms with Crippen LogP contribution in [0.4, 0.5) is 11.4 Å². The first-order valence-corrected chi connectivity index (χ1v) is 11.4. The van der Waals surface area contributed by atoms with E-state index in [2.05, 4.69) is 10.3 Å². The number of nitrogens with zero attached hydrogens (tertiary/aromatic N) is 2. The van der Waals surface area contributed by atoms with Crippen molar-refractivity contribution >= 4 is 46.5 Å². The van der Waals surface area contributed by atoms with Crippen LogP contribution in [-0.2, 0) is 15.0 Å². The lowest BCUT2D eigenvalue weighted by Gasteiger charge is -2.37. The lowest BCUT2D eigenvalue weighted by Crippen LogP contribution is -2.51. The maximum Gasteiger partial charge on any atom is 0.238 e. The number of halogens is 1. The molecule has 4 atom stereocenters. The molecule has 0 aliphatic carbocycles. The van der Waals surface area contributed by atoms with Crippen molar-refractivity contribution in [3.8, 4) is 0 Å². The molecule has 34 heavy (non-hydrogen) atoms. The Balaban J connectivity index is 1.67. The average molecular weight is 470 g/mol. The SMILES string of the molecule is CC(=O)[C@@H]1[C@H](C(=O)c2ccncc2)[C@]2(C(=O)Nc3ccccc32)[C@@H]2C=Cc3cc(Cl)ccc3N12. The number of ketones is 2. The normalized spacial score (nSPS) is 26.1. The summed E-state index contributed by atoms with van der Waals surface area (Å²) in [5.74, 6) is -1.65. The van der Waals surface area contributed by atoms with Crippen LogP contribution in [0.3, 0.4) is 0 Å². The molecule has 1 N–H and O–H groups in total. The van der Waals surface area contributed by atoms with Crippen molar-refractivity contribution in [2.45, 2.75) is 24.4 Å². The molecule has 0 bridgehead atoms. The van der Waals surface area contributed by atoms with Gasteiger partial charge < -0.3 is 10.2 Å². The van der Waals surface area contributed by atoms with Crippen LogP contribution in [0.2, 0.25) is 5.02 Å². The maximum absolute atomic E-state index is 14.2. The Morgan fingerprint density at radius 3 is 2.62 bits per heavy atom. The minimum absolute atomic E-state index is 0.178. The Morgan fingerprint density at radius 2 is 1.85 bits per heavy atom. The minimum Gasteiger partial charge on any atom is -0.352 e. The quantitative estimate of drug-likeness (QED) is 0.579. The zero-order valence-corrected chi connectivity index (χ0v) is 19.0. The minimum atomic E-state index is -1.28. The first kappa shape index (κ1) is 20.8. The van der Waals surface area contributed by atoms with E-state index in [0.717, 1.165) is 16.8 Å². The van der Waals surface area contributed by atoms with Gasteiger partial charge in [-0.1, -0.05) is 42.0 Å². The summed E-state index contributed by atoms with van der Waals surface area (Å²) in [5, 5.41) is 3.57. The Bertz CT molecular complexity index is 1400. The van der Waals surface area contributed by atoms with Crippen LogP contribution in [0.5, 0.6) is 0 Å². The van der Waals surface area contributed by atoms with Crippen LogP contribution in [-0.4, -0.2) is 34.5 Å². The average Bonchev–Trinajstić information content (AvgIpc) is 3.32. The third-order valence-electron chi connectivity index (χ3n) is 7.26. The van der Waals surface area contributed by atoms with Crippen molar-refractivity contribution in [3.05, 3.63) is 94.8 Å². The highest BCUT2D eigenvalue weighted by Gasteiger charge is 2.69. The first-order chi connectivity index (χ1) is 16.4. The lowest BCUT2D eigenvalue weighted by molar-refractivity contribution is -0.122. The van der Waals surface area contributed by atoms with E-state index in [1.165, 1.54) is 6.92 Å². The van der Waals surface area contributed by atoms with Crippen LogP contribution in [0.25, 0.3) is 6.08 Å². The van der Waals surface area contributed by atoms with E-state index in [1.807, 2.05) is 53.5 Å². The van der Waals surface area contributed by atoms with Gasteiger partial charge >= 0.3 is 0 Å². The number of nitrogens with one attached hydrogen (secondary N) is 1. The number of amides is 1. The van der Waals surface area contributed by atoms with E-state index >= 15 is 0 Å². The molecule has 3 aromatic rings. The Labute approximate surface area is 201 Å². The number of anilines is 2. The van der Waals surface area contributed by atoms with E-state index < -0.39 is 23.4 Å². The molecular formula is C27H20ClN3O3. The summed E-state index contributed by atoms with van der Waals surface area (Å²) in [6.07, 6.45) is 6.95. The number of aromatic nitrogens is 1. The molecule has 1 amide bonds. The molecule has 1 spiro atoms. The van der Waals surface area contributed by atoms with Gasteiger partial charge in [-0.15, -0.1) is 0 Å². The van der Waals surface area contributed by atoms with Gasteiger partial charge in [-0.05, 0) is 54.4 Å². The predicted octanol–water partition coefficient (Wildman–Crippen LogP) is 4.30. The number of hydrogen-bond acceptors (Lipinski definition) is 5. The highest BCUT2D eigenvalue weighted by Crippen LogP contribution is 2.57. The standard InChI is InChI=1S/C27H20ClN3O3/c1-15(32)24-23(25(33)16-10-12-29-13-11-16)27(19-4-2-3-5-20(19)30-26(27)34)22-9-6-17-14-18(28)7-8-21(17)31(22)24/h2-14,22-24H,1H3,(H,30,34)/t22-,23+,24+,27+/m0/s1. The van der Waals surface area contributed by atoms with Crippen LogP contribution >= 0.6 is 11.6 Å². The molecule has 2 aromatic carbocycles. The molecule has 0 saturated carbocycles. The smallest absolute Gasteiger partial charge is 0.238 e. The number of Topliss-reactive ketones (excluding diaryl/α,β-unsaturated/α-hetero) is 2. The van der Waals surface area contributed by atoms with Gasteiger partial charge in [-0.3, -0.25) is 19.4 Å². The second kappa shape index (κ2) is 7.37.